The molecule has 0 atom stereocenters. The van der Waals surface area contributed by atoms with Crippen molar-refractivity contribution in [2.24, 2.45) is 5.84 Å². The number of hydrazine groups is 1. The van der Waals surface area contributed by atoms with Crippen molar-refractivity contribution in [3.8, 4) is 0 Å². The average molecular weight is 229 g/mol. The van der Waals surface area contributed by atoms with Crippen molar-refractivity contribution in [3.05, 3.63) is 15.6 Å². The number of hydrogen-bond donors (Lipinski definition) is 2. The SMILES string of the molecule is CCCc1nc(COC)c(C(=O)NN)s1. The second kappa shape index (κ2) is 5.79. The zero-order chi connectivity index (χ0) is 11.3. The molecule has 0 aliphatic carbocycles. The Morgan fingerprint density at radius 1 is 1.67 bits per heavy atom. The number of hydrogen-bond acceptors (Lipinski definition) is 5. The monoisotopic (exact) mass is 229 g/mol. The third kappa shape index (κ3) is 2.98. The van der Waals surface area contributed by atoms with Gasteiger partial charge in [0.1, 0.15) is 4.88 Å². The molecule has 1 rings (SSSR count). The standard InChI is InChI=1S/C9H15N3O2S/c1-3-4-7-11-6(5-14-2)8(15-7)9(13)12-10/h3-5,10H2,1-2H3,(H,12,13). The predicted molar refractivity (Wildman–Crippen MR) is 58.5 cm³/mol. The molecule has 1 aromatic heterocycles. The molecule has 6 heteroatoms. The lowest BCUT2D eigenvalue weighted by atomic mass is 10.3. The number of thiazole rings is 1. The molecule has 0 aliphatic heterocycles. The number of carbonyl (C=O) groups excluding carboxylic acids is 1. The van der Waals surface area contributed by atoms with E-state index in [2.05, 4.69) is 17.3 Å². The number of nitrogen functional groups attached to an aromatic ring is 1. The molecule has 84 valence electrons. The van der Waals surface area contributed by atoms with Crippen molar-refractivity contribution in [1.29, 1.82) is 0 Å². The normalized spacial score (nSPS) is 10.3. The number of amides is 1. The van der Waals surface area contributed by atoms with Crippen LogP contribution < -0.4 is 11.3 Å². The predicted octanol–water partition coefficient (Wildman–Crippen LogP) is 0.846. The molecule has 0 aliphatic rings. The number of aromatic nitrogens is 1. The van der Waals surface area contributed by atoms with Crippen LogP contribution in [0.5, 0.6) is 0 Å². The van der Waals surface area contributed by atoms with Crippen LogP contribution in [0.2, 0.25) is 0 Å². The van der Waals surface area contributed by atoms with E-state index in [1.165, 1.54) is 11.3 Å². The molecule has 1 aromatic rings. The van der Waals surface area contributed by atoms with Gasteiger partial charge in [0.25, 0.3) is 5.91 Å². The van der Waals surface area contributed by atoms with E-state index in [0.717, 1.165) is 17.8 Å². The van der Waals surface area contributed by atoms with E-state index < -0.39 is 0 Å². The van der Waals surface area contributed by atoms with Gasteiger partial charge in [-0.25, -0.2) is 10.8 Å². The summed E-state index contributed by atoms with van der Waals surface area (Å²) in [6, 6.07) is 0. The summed E-state index contributed by atoms with van der Waals surface area (Å²) in [5.41, 5.74) is 2.77. The van der Waals surface area contributed by atoms with Crippen LogP contribution in [0.25, 0.3) is 0 Å². The molecule has 1 amide bonds. The fourth-order valence-corrected chi connectivity index (χ4v) is 2.27. The van der Waals surface area contributed by atoms with Crippen molar-refractivity contribution < 1.29 is 9.53 Å². The van der Waals surface area contributed by atoms with Crippen molar-refractivity contribution >= 4 is 17.2 Å². The molecular formula is C9H15N3O2S. The molecule has 0 spiro atoms. The van der Waals surface area contributed by atoms with Crippen LogP contribution in [-0.4, -0.2) is 18.0 Å². The van der Waals surface area contributed by atoms with E-state index >= 15 is 0 Å². The zero-order valence-electron chi connectivity index (χ0n) is 8.87. The summed E-state index contributed by atoms with van der Waals surface area (Å²) < 4.78 is 4.98. The number of rotatable bonds is 5. The van der Waals surface area contributed by atoms with Crippen LogP contribution in [0.1, 0.15) is 33.7 Å². The van der Waals surface area contributed by atoms with Crippen LogP contribution >= 0.6 is 11.3 Å². The topological polar surface area (TPSA) is 77.2 Å². The van der Waals surface area contributed by atoms with Gasteiger partial charge in [-0.15, -0.1) is 11.3 Å². The summed E-state index contributed by atoms with van der Waals surface area (Å²) in [6.45, 7) is 2.41. The molecule has 0 radical (unpaired) electrons. The quantitative estimate of drug-likeness (QED) is 0.446. The van der Waals surface area contributed by atoms with Crippen molar-refractivity contribution in [3.63, 3.8) is 0 Å². The van der Waals surface area contributed by atoms with Crippen LogP contribution in [0.4, 0.5) is 0 Å². The Morgan fingerprint density at radius 3 is 2.93 bits per heavy atom. The molecule has 0 saturated carbocycles. The summed E-state index contributed by atoms with van der Waals surface area (Å²) in [5, 5.41) is 0.947. The van der Waals surface area contributed by atoms with Gasteiger partial charge in [0, 0.05) is 7.11 Å². The highest BCUT2D eigenvalue weighted by Crippen LogP contribution is 2.20. The van der Waals surface area contributed by atoms with Crippen LogP contribution in [0.3, 0.4) is 0 Å². The maximum atomic E-state index is 11.4. The molecule has 1 heterocycles. The van der Waals surface area contributed by atoms with Crippen molar-refractivity contribution in [2.45, 2.75) is 26.4 Å². The first-order valence-corrected chi connectivity index (χ1v) is 5.53. The maximum Gasteiger partial charge on any atom is 0.277 e. The summed E-state index contributed by atoms with van der Waals surface area (Å²) in [6.07, 6.45) is 1.88. The Balaban J connectivity index is 2.94. The van der Waals surface area contributed by atoms with E-state index in [1.807, 2.05) is 0 Å². The lowest BCUT2D eigenvalue weighted by Crippen LogP contribution is -2.30. The van der Waals surface area contributed by atoms with E-state index in [9.17, 15) is 4.79 Å². The minimum Gasteiger partial charge on any atom is -0.378 e. The Kier molecular flexibility index (Phi) is 4.67. The number of nitrogens with two attached hydrogens (primary N) is 1. The van der Waals surface area contributed by atoms with Crippen LogP contribution in [-0.2, 0) is 17.8 Å². The number of nitrogens with zero attached hydrogens (tertiary/aromatic N) is 1. The first-order chi connectivity index (χ1) is 7.22. The fourth-order valence-electron chi connectivity index (χ4n) is 1.20. The van der Waals surface area contributed by atoms with Gasteiger partial charge in [-0.2, -0.15) is 0 Å². The number of nitrogens with one attached hydrogen (secondary N) is 1. The zero-order valence-corrected chi connectivity index (χ0v) is 9.69. The molecule has 15 heavy (non-hydrogen) atoms. The van der Waals surface area contributed by atoms with Gasteiger partial charge in [-0.05, 0) is 12.8 Å². The molecule has 0 aromatic carbocycles. The van der Waals surface area contributed by atoms with E-state index in [1.54, 1.807) is 7.11 Å². The Bertz CT molecular complexity index is 338. The summed E-state index contributed by atoms with van der Waals surface area (Å²) in [7, 11) is 1.57. The second-order valence-corrected chi connectivity index (χ2v) is 4.12. The molecular weight excluding hydrogens is 214 g/mol. The summed E-state index contributed by atoms with van der Waals surface area (Å²) >= 11 is 1.37. The van der Waals surface area contributed by atoms with Crippen LogP contribution in [0, 0.1) is 0 Å². The lowest BCUT2D eigenvalue weighted by Gasteiger charge is -1.98. The van der Waals surface area contributed by atoms with Gasteiger partial charge in [-0.3, -0.25) is 10.2 Å². The molecule has 0 fully saturated rings. The van der Waals surface area contributed by atoms with Gasteiger partial charge in [0.15, 0.2) is 0 Å². The van der Waals surface area contributed by atoms with Gasteiger partial charge in [0.05, 0.1) is 17.3 Å². The largest absolute Gasteiger partial charge is 0.378 e. The summed E-state index contributed by atoms with van der Waals surface area (Å²) in [5.74, 6) is 4.79. The number of carbonyl (C=O) groups is 1. The molecule has 3 N–H and O–H groups in total. The highest BCUT2D eigenvalue weighted by atomic mass is 32.1. The van der Waals surface area contributed by atoms with Gasteiger partial charge in [0.2, 0.25) is 0 Å². The smallest absolute Gasteiger partial charge is 0.277 e. The average Bonchev–Trinajstić information content (AvgIpc) is 2.61. The minimum atomic E-state index is -0.304. The van der Waals surface area contributed by atoms with E-state index in [-0.39, 0.29) is 5.91 Å². The maximum absolute atomic E-state index is 11.4. The third-order valence-electron chi connectivity index (χ3n) is 1.82. The van der Waals surface area contributed by atoms with Crippen LogP contribution in [0.15, 0.2) is 0 Å². The first kappa shape index (κ1) is 12.1. The highest BCUT2D eigenvalue weighted by molar-refractivity contribution is 7.13. The Hall–Kier alpha value is -0.980. The molecule has 0 bridgehead atoms. The molecule has 0 unspecified atom stereocenters. The van der Waals surface area contributed by atoms with Crippen molar-refractivity contribution in [1.82, 2.24) is 10.4 Å². The van der Waals surface area contributed by atoms with Crippen molar-refractivity contribution in [2.75, 3.05) is 7.11 Å². The molecule has 5 nitrogen and oxygen atoms in total. The van der Waals surface area contributed by atoms with Gasteiger partial charge in [-0.1, -0.05) is 6.92 Å². The third-order valence-corrected chi connectivity index (χ3v) is 2.98. The lowest BCUT2D eigenvalue weighted by molar-refractivity contribution is 0.0952. The molecule has 0 saturated heterocycles. The van der Waals surface area contributed by atoms with Gasteiger partial charge >= 0.3 is 0 Å². The second-order valence-electron chi connectivity index (χ2n) is 3.04. The number of ether oxygens (including phenoxy) is 1. The number of methoxy groups -OCH3 is 1. The first-order valence-electron chi connectivity index (χ1n) is 4.71. The fraction of sp³-hybridized carbons (Fsp3) is 0.556. The van der Waals surface area contributed by atoms with E-state index in [4.69, 9.17) is 10.6 Å². The number of aryl methyl sites for hydroxylation is 1. The van der Waals surface area contributed by atoms with E-state index in [0.29, 0.717) is 17.2 Å². The highest BCUT2D eigenvalue weighted by Gasteiger charge is 2.16. The summed E-state index contributed by atoms with van der Waals surface area (Å²) in [4.78, 5) is 16.3. The Labute approximate surface area is 92.6 Å². The van der Waals surface area contributed by atoms with Gasteiger partial charge < -0.3 is 4.74 Å². The minimum absolute atomic E-state index is 0.304. The Morgan fingerprint density at radius 2 is 2.40 bits per heavy atom.